The molecule has 0 atom stereocenters. The highest BCUT2D eigenvalue weighted by Crippen LogP contribution is 2.35. The van der Waals surface area contributed by atoms with Crippen LogP contribution in [-0.4, -0.2) is 24.9 Å². The van der Waals surface area contributed by atoms with Gasteiger partial charge < -0.3 is 9.47 Å². The van der Waals surface area contributed by atoms with Gasteiger partial charge in [0.05, 0.1) is 30.4 Å². The summed E-state index contributed by atoms with van der Waals surface area (Å²) in [5.74, 6) is 1.06. The van der Waals surface area contributed by atoms with Gasteiger partial charge in [0.15, 0.2) is 11.5 Å². The third-order valence-electron chi connectivity index (χ3n) is 3.86. The van der Waals surface area contributed by atoms with Gasteiger partial charge in [0, 0.05) is 6.07 Å². The lowest BCUT2D eigenvalue weighted by Crippen LogP contribution is -2.06. The molecule has 0 aromatic heterocycles. The molecule has 0 amide bonds. The quantitative estimate of drug-likeness (QED) is 0.264. The molecule has 156 valence electrons. The molecule has 0 bridgehead atoms. The molecule has 2 aromatic rings. The van der Waals surface area contributed by atoms with Gasteiger partial charge in [-0.15, -0.1) is 0 Å². The molecular weight excluding hydrogens is 391 g/mol. The van der Waals surface area contributed by atoms with Crippen LogP contribution in [0, 0.1) is 10.1 Å². The number of alkyl halides is 3. The number of rotatable bonds is 9. The maximum atomic E-state index is 12.7. The largest absolute Gasteiger partial charge is 0.493 e. The molecule has 29 heavy (non-hydrogen) atoms. The average molecular weight is 411 g/mol. The molecule has 0 heterocycles. The molecule has 2 aromatic carbocycles. The molecule has 0 aliphatic carbocycles. The minimum atomic E-state index is -4.68. The lowest BCUT2D eigenvalue weighted by Gasteiger charge is -2.11. The van der Waals surface area contributed by atoms with Crippen LogP contribution in [0.1, 0.15) is 30.9 Å². The van der Waals surface area contributed by atoms with Crippen LogP contribution in [0.5, 0.6) is 11.5 Å². The molecule has 0 radical (unpaired) electrons. The lowest BCUT2D eigenvalue weighted by molar-refractivity contribution is -0.384. The number of hydrogen-bond donors (Lipinski definition) is 1. The zero-order chi connectivity index (χ0) is 21.4. The first kappa shape index (κ1) is 22.0. The molecule has 10 heteroatoms. The molecule has 0 fully saturated rings. The minimum absolute atomic E-state index is 0.161. The van der Waals surface area contributed by atoms with Crippen molar-refractivity contribution >= 4 is 17.6 Å². The van der Waals surface area contributed by atoms with E-state index in [2.05, 4.69) is 10.5 Å². The standard InChI is InChI=1S/C19H20F3N3O4/c1-3-4-9-29-17-8-5-13(10-18(17)28-2)12-23-24-15-7-6-14(19(20,21)22)11-16(15)25(26)27/h5-8,10-12,24H,3-4,9H2,1-2H3/b23-12-. The van der Waals surface area contributed by atoms with Crippen molar-refractivity contribution in [2.45, 2.75) is 25.9 Å². The van der Waals surface area contributed by atoms with Crippen molar-refractivity contribution in [2.75, 3.05) is 19.1 Å². The van der Waals surface area contributed by atoms with E-state index in [0.29, 0.717) is 29.7 Å². The Bertz CT molecular complexity index is 885. The monoisotopic (exact) mass is 411 g/mol. The molecule has 7 nitrogen and oxygen atoms in total. The van der Waals surface area contributed by atoms with Gasteiger partial charge in [-0.25, -0.2) is 0 Å². The van der Waals surface area contributed by atoms with Crippen molar-refractivity contribution in [1.29, 1.82) is 0 Å². The number of nitro groups is 1. The van der Waals surface area contributed by atoms with E-state index in [0.717, 1.165) is 25.0 Å². The summed E-state index contributed by atoms with van der Waals surface area (Å²) in [5.41, 5.74) is 1.01. The fraction of sp³-hybridized carbons (Fsp3) is 0.316. The first-order valence-corrected chi connectivity index (χ1v) is 8.71. The van der Waals surface area contributed by atoms with Gasteiger partial charge in [-0.05, 0) is 42.3 Å². The highest BCUT2D eigenvalue weighted by Gasteiger charge is 2.33. The van der Waals surface area contributed by atoms with Gasteiger partial charge in [0.2, 0.25) is 0 Å². The fourth-order valence-electron chi connectivity index (χ4n) is 2.34. The Morgan fingerprint density at radius 1 is 1.21 bits per heavy atom. The van der Waals surface area contributed by atoms with Crippen LogP contribution in [0.4, 0.5) is 24.5 Å². The zero-order valence-electron chi connectivity index (χ0n) is 15.8. The Kier molecular flexibility index (Phi) is 7.40. The average Bonchev–Trinajstić information content (AvgIpc) is 2.68. The first-order chi connectivity index (χ1) is 13.8. The Hall–Kier alpha value is -3.30. The fourth-order valence-corrected chi connectivity index (χ4v) is 2.34. The SMILES string of the molecule is CCCCOc1ccc(/C=N\Nc2ccc(C(F)(F)F)cc2[N+](=O)[O-])cc1OC. The van der Waals surface area contributed by atoms with Crippen molar-refractivity contribution in [3.05, 3.63) is 57.6 Å². The van der Waals surface area contributed by atoms with E-state index in [1.165, 1.54) is 13.3 Å². The van der Waals surface area contributed by atoms with Gasteiger partial charge in [-0.3, -0.25) is 15.5 Å². The summed E-state index contributed by atoms with van der Waals surface area (Å²) in [7, 11) is 1.49. The number of nitrogens with one attached hydrogen (secondary N) is 1. The first-order valence-electron chi connectivity index (χ1n) is 8.71. The van der Waals surface area contributed by atoms with Gasteiger partial charge in [-0.2, -0.15) is 18.3 Å². The number of nitro benzene ring substituents is 1. The van der Waals surface area contributed by atoms with Crippen molar-refractivity contribution in [2.24, 2.45) is 5.10 Å². The van der Waals surface area contributed by atoms with Gasteiger partial charge in [0.25, 0.3) is 5.69 Å². The maximum Gasteiger partial charge on any atom is 0.416 e. The van der Waals surface area contributed by atoms with E-state index in [4.69, 9.17) is 9.47 Å². The van der Waals surface area contributed by atoms with E-state index < -0.39 is 22.4 Å². The second-order valence-corrected chi connectivity index (χ2v) is 5.97. The van der Waals surface area contributed by atoms with Crippen LogP contribution >= 0.6 is 0 Å². The summed E-state index contributed by atoms with van der Waals surface area (Å²) in [6.07, 6.45) is -1.42. The van der Waals surface area contributed by atoms with Crippen molar-refractivity contribution in [3.63, 3.8) is 0 Å². The number of halogens is 3. The Morgan fingerprint density at radius 3 is 2.59 bits per heavy atom. The number of ether oxygens (including phenoxy) is 2. The zero-order valence-corrected chi connectivity index (χ0v) is 15.8. The third kappa shape index (κ3) is 6.09. The van der Waals surface area contributed by atoms with E-state index in [9.17, 15) is 23.3 Å². The number of hydrazone groups is 1. The van der Waals surface area contributed by atoms with E-state index >= 15 is 0 Å². The normalized spacial score (nSPS) is 11.5. The maximum absolute atomic E-state index is 12.7. The molecule has 0 saturated carbocycles. The second-order valence-electron chi connectivity index (χ2n) is 5.97. The summed E-state index contributed by atoms with van der Waals surface area (Å²) in [5, 5.41) is 14.9. The topological polar surface area (TPSA) is 86.0 Å². The van der Waals surface area contributed by atoms with E-state index in [1.807, 2.05) is 6.92 Å². The minimum Gasteiger partial charge on any atom is -0.493 e. The van der Waals surface area contributed by atoms with Crippen LogP contribution in [0.15, 0.2) is 41.5 Å². The molecule has 0 unspecified atom stereocenters. The van der Waals surface area contributed by atoms with Gasteiger partial charge in [-0.1, -0.05) is 13.3 Å². The third-order valence-corrected chi connectivity index (χ3v) is 3.86. The highest BCUT2D eigenvalue weighted by molar-refractivity contribution is 5.82. The van der Waals surface area contributed by atoms with Crippen LogP contribution < -0.4 is 14.9 Å². The highest BCUT2D eigenvalue weighted by atomic mass is 19.4. The molecule has 0 spiro atoms. The van der Waals surface area contributed by atoms with Crippen LogP contribution in [0.25, 0.3) is 0 Å². The number of methoxy groups -OCH3 is 1. The lowest BCUT2D eigenvalue weighted by atomic mass is 10.1. The number of benzene rings is 2. The van der Waals surface area contributed by atoms with E-state index in [-0.39, 0.29) is 5.69 Å². The van der Waals surface area contributed by atoms with Crippen LogP contribution in [0.3, 0.4) is 0 Å². The van der Waals surface area contributed by atoms with Gasteiger partial charge >= 0.3 is 6.18 Å². The number of nitrogens with zero attached hydrogens (tertiary/aromatic N) is 2. The summed E-state index contributed by atoms with van der Waals surface area (Å²) in [6, 6.07) is 7.24. The number of unbranched alkanes of at least 4 members (excludes halogenated alkanes) is 1. The predicted octanol–water partition coefficient (Wildman–Crippen LogP) is 5.25. The molecule has 1 N–H and O–H groups in total. The molecular formula is C19H20F3N3O4. The van der Waals surface area contributed by atoms with Crippen molar-refractivity contribution in [1.82, 2.24) is 0 Å². The number of anilines is 1. The van der Waals surface area contributed by atoms with Gasteiger partial charge in [0.1, 0.15) is 5.69 Å². The van der Waals surface area contributed by atoms with Crippen molar-refractivity contribution in [3.8, 4) is 11.5 Å². The van der Waals surface area contributed by atoms with Crippen LogP contribution in [-0.2, 0) is 6.18 Å². The summed E-state index contributed by atoms with van der Waals surface area (Å²) in [4.78, 5) is 10.2. The molecule has 0 saturated heterocycles. The molecule has 0 aliphatic heterocycles. The summed E-state index contributed by atoms with van der Waals surface area (Å²) in [6.45, 7) is 2.60. The Labute approximate surface area is 165 Å². The summed E-state index contributed by atoms with van der Waals surface area (Å²) < 4.78 is 49.1. The van der Waals surface area contributed by atoms with Crippen molar-refractivity contribution < 1.29 is 27.6 Å². The Morgan fingerprint density at radius 2 is 1.97 bits per heavy atom. The van der Waals surface area contributed by atoms with Crippen LogP contribution in [0.2, 0.25) is 0 Å². The van der Waals surface area contributed by atoms with E-state index in [1.54, 1.807) is 18.2 Å². The molecule has 2 rings (SSSR count). The predicted molar refractivity (Wildman–Crippen MR) is 103 cm³/mol. The Balaban J connectivity index is 2.16. The smallest absolute Gasteiger partial charge is 0.416 e. The summed E-state index contributed by atoms with van der Waals surface area (Å²) >= 11 is 0. The number of hydrogen-bond acceptors (Lipinski definition) is 6. The second kappa shape index (κ2) is 9.76. The molecule has 0 aliphatic rings.